The second kappa shape index (κ2) is 10.9. The van der Waals surface area contributed by atoms with Gasteiger partial charge in [0.1, 0.15) is 6.61 Å². The van der Waals surface area contributed by atoms with Crippen molar-refractivity contribution in [1.82, 2.24) is 5.32 Å². The van der Waals surface area contributed by atoms with Crippen LogP contribution >= 0.6 is 34.8 Å². The number of rotatable bonds is 10. The molecule has 0 aliphatic rings. The van der Waals surface area contributed by atoms with Crippen LogP contribution in [0, 0.1) is 0 Å². The molecule has 0 saturated carbocycles. The summed E-state index contributed by atoms with van der Waals surface area (Å²) >= 11 is 18.5. The lowest BCUT2D eigenvalue weighted by molar-refractivity contribution is 0.199. The molecule has 0 unspecified atom stereocenters. The van der Waals surface area contributed by atoms with Crippen molar-refractivity contribution in [2.24, 2.45) is 0 Å². The van der Waals surface area contributed by atoms with E-state index in [0.717, 1.165) is 17.7 Å². The summed E-state index contributed by atoms with van der Waals surface area (Å²) in [6.45, 7) is 4.73. The van der Waals surface area contributed by atoms with Crippen LogP contribution in [0.25, 0.3) is 0 Å². The Morgan fingerprint density at radius 3 is 2.35 bits per heavy atom. The molecule has 26 heavy (non-hydrogen) atoms. The number of halogens is 3. The molecule has 0 radical (unpaired) electrons. The van der Waals surface area contributed by atoms with Crippen LogP contribution in [0.4, 0.5) is 0 Å². The predicted molar refractivity (Wildman–Crippen MR) is 107 cm³/mol. The molecule has 0 aliphatic carbocycles. The molecule has 0 saturated heterocycles. The Kier molecular flexibility index (Phi) is 8.82. The number of methoxy groups -OCH3 is 1. The van der Waals surface area contributed by atoms with E-state index >= 15 is 0 Å². The first kappa shape index (κ1) is 21.1. The second-order valence-electron chi connectivity index (χ2n) is 5.52. The maximum atomic E-state index is 6.40. The molecule has 0 aromatic heterocycles. The van der Waals surface area contributed by atoms with E-state index in [-0.39, 0.29) is 6.61 Å². The van der Waals surface area contributed by atoms with E-state index in [1.165, 1.54) is 0 Å². The normalized spacial score (nSPS) is 10.8. The molecule has 1 N–H and O–H groups in total. The zero-order valence-electron chi connectivity index (χ0n) is 14.8. The topological polar surface area (TPSA) is 39.7 Å². The highest BCUT2D eigenvalue weighted by Gasteiger charge is 2.12. The summed E-state index contributed by atoms with van der Waals surface area (Å²) in [7, 11) is 1.67. The van der Waals surface area contributed by atoms with E-state index < -0.39 is 0 Å². The highest BCUT2D eigenvalue weighted by molar-refractivity contribution is 6.35. The first-order valence-corrected chi connectivity index (χ1v) is 9.40. The fourth-order valence-electron chi connectivity index (χ4n) is 2.29. The van der Waals surface area contributed by atoms with Crippen molar-refractivity contribution in [3.05, 3.63) is 56.5 Å². The molecule has 7 heteroatoms. The minimum absolute atomic E-state index is 0.290. The van der Waals surface area contributed by atoms with E-state index in [0.29, 0.717) is 46.3 Å². The monoisotopic (exact) mass is 417 g/mol. The molecule has 0 aliphatic heterocycles. The Hall–Kier alpha value is -1.17. The summed E-state index contributed by atoms with van der Waals surface area (Å²) in [5, 5.41) is 5.02. The lowest BCUT2D eigenvalue weighted by Gasteiger charge is -2.16. The van der Waals surface area contributed by atoms with E-state index in [1.54, 1.807) is 25.3 Å². The van der Waals surface area contributed by atoms with Crippen molar-refractivity contribution in [3.63, 3.8) is 0 Å². The molecular formula is C19H22Cl3NO3. The van der Waals surface area contributed by atoms with E-state index in [9.17, 15) is 0 Å². The molecule has 2 aromatic rings. The van der Waals surface area contributed by atoms with Gasteiger partial charge in [-0.25, -0.2) is 0 Å². The van der Waals surface area contributed by atoms with Gasteiger partial charge in [0.25, 0.3) is 0 Å². The van der Waals surface area contributed by atoms with Crippen LogP contribution in [-0.2, 0) is 17.9 Å². The minimum Gasteiger partial charge on any atom is -0.490 e. The molecule has 0 bridgehead atoms. The van der Waals surface area contributed by atoms with Gasteiger partial charge in [0.2, 0.25) is 0 Å². The minimum atomic E-state index is 0.290. The summed E-state index contributed by atoms with van der Waals surface area (Å²) in [4.78, 5) is 0. The SMILES string of the molecule is CCOc1cc(CNCCOC)c(Cl)cc1OCc1ccc(Cl)cc1Cl. The molecular weight excluding hydrogens is 397 g/mol. The third kappa shape index (κ3) is 6.22. The zero-order valence-corrected chi connectivity index (χ0v) is 17.0. The molecule has 0 atom stereocenters. The summed E-state index contributed by atoms with van der Waals surface area (Å²) in [5.41, 5.74) is 1.77. The van der Waals surface area contributed by atoms with Crippen LogP contribution in [0.5, 0.6) is 11.5 Å². The van der Waals surface area contributed by atoms with Gasteiger partial charge < -0.3 is 19.5 Å². The average Bonchev–Trinajstić information content (AvgIpc) is 2.61. The van der Waals surface area contributed by atoms with E-state index in [2.05, 4.69) is 5.32 Å². The Morgan fingerprint density at radius 1 is 0.923 bits per heavy atom. The lowest BCUT2D eigenvalue weighted by atomic mass is 10.2. The fourth-order valence-corrected chi connectivity index (χ4v) is 2.97. The molecule has 0 fully saturated rings. The first-order chi connectivity index (χ1) is 12.5. The molecule has 2 rings (SSSR count). The highest BCUT2D eigenvalue weighted by atomic mass is 35.5. The van der Waals surface area contributed by atoms with Crippen molar-refractivity contribution in [1.29, 1.82) is 0 Å². The van der Waals surface area contributed by atoms with Crippen LogP contribution in [0.2, 0.25) is 15.1 Å². The smallest absolute Gasteiger partial charge is 0.163 e. The quantitative estimate of drug-likeness (QED) is 0.527. The number of hydrogen-bond donors (Lipinski definition) is 1. The maximum Gasteiger partial charge on any atom is 0.163 e. The summed E-state index contributed by atoms with van der Waals surface area (Å²) in [6.07, 6.45) is 0. The van der Waals surface area contributed by atoms with Crippen molar-refractivity contribution in [2.45, 2.75) is 20.1 Å². The van der Waals surface area contributed by atoms with Crippen LogP contribution in [-0.4, -0.2) is 26.9 Å². The number of hydrogen-bond acceptors (Lipinski definition) is 4. The first-order valence-electron chi connectivity index (χ1n) is 8.26. The summed E-state index contributed by atoms with van der Waals surface area (Å²) in [6, 6.07) is 8.96. The van der Waals surface area contributed by atoms with Gasteiger partial charge in [-0.15, -0.1) is 0 Å². The Bertz CT molecular complexity index is 725. The zero-order chi connectivity index (χ0) is 18.9. The van der Waals surface area contributed by atoms with Crippen LogP contribution in [0.3, 0.4) is 0 Å². The van der Waals surface area contributed by atoms with Gasteiger partial charge in [-0.1, -0.05) is 40.9 Å². The molecule has 0 amide bonds. The van der Waals surface area contributed by atoms with Crippen molar-refractivity contribution >= 4 is 34.8 Å². The third-order valence-corrected chi connectivity index (χ3v) is 4.55. The van der Waals surface area contributed by atoms with Gasteiger partial charge in [-0.2, -0.15) is 0 Å². The van der Waals surface area contributed by atoms with Crippen LogP contribution < -0.4 is 14.8 Å². The van der Waals surface area contributed by atoms with Gasteiger partial charge in [0.15, 0.2) is 11.5 Å². The molecule has 2 aromatic carbocycles. The Morgan fingerprint density at radius 2 is 1.65 bits per heavy atom. The molecule has 142 valence electrons. The molecule has 0 spiro atoms. The Labute approximate surface area is 169 Å². The van der Waals surface area contributed by atoms with Crippen LogP contribution in [0.15, 0.2) is 30.3 Å². The van der Waals surface area contributed by atoms with Crippen molar-refractivity contribution in [2.75, 3.05) is 26.9 Å². The standard InChI is InChI=1S/C19H22Cl3NO3/c1-3-25-18-8-14(11-23-6-7-24-2)17(22)10-19(18)26-12-13-4-5-15(20)9-16(13)21/h4-5,8-10,23H,3,6-7,11-12H2,1-2H3. The van der Waals surface area contributed by atoms with Gasteiger partial charge in [0, 0.05) is 46.9 Å². The van der Waals surface area contributed by atoms with E-state index in [1.807, 2.05) is 19.1 Å². The second-order valence-corrected chi connectivity index (χ2v) is 6.77. The number of nitrogens with one attached hydrogen (secondary N) is 1. The summed E-state index contributed by atoms with van der Waals surface area (Å²) < 4.78 is 16.6. The Balaban J connectivity index is 2.12. The van der Waals surface area contributed by atoms with Gasteiger partial charge in [-0.3, -0.25) is 0 Å². The largest absolute Gasteiger partial charge is 0.490 e. The van der Waals surface area contributed by atoms with Gasteiger partial charge >= 0.3 is 0 Å². The summed E-state index contributed by atoms with van der Waals surface area (Å²) in [5.74, 6) is 1.22. The maximum absolute atomic E-state index is 6.40. The average molecular weight is 419 g/mol. The van der Waals surface area contributed by atoms with Crippen molar-refractivity contribution in [3.8, 4) is 11.5 Å². The predicted octanol–water partition coefficient (Wildman–Crippen LogP) is 5.36. The number of benzene rings is 2. The molecule has 0 heterocycles. The third-order valence-electron chi connectivity index (χ3n) is 3.61. The fraction of sp³-hybridized carbons (Fsp3) is 0.368. The van der Waals surface area contributed by atoms with Crippen LogP contribution in [0.1, 0.15) is 18.1 Å². The van der Waals surface area contributed by atoms with Gasteiger partial charge in [0.05, 0.1) is 13.2 Å². The lowest BCUT2D eigenvalue weighted by Crippen LogP contribution is -2.18. The highest BCUT2D eigenvalue weighted by Crippen LogP contribution is 2.34. The van der Waals surface area contributed by atoms with E-state index in [4.69, 9.17) is 49.0 Å². The van der Waals surface area contributed by atoms with Gasteiger partial charge in [-0.05, 0) is 30.7 Å². The van der Waals surface area contributed by atoms with Crippen molar-refractivity contribution < 1.29 is 14.2 Å². The molecule has 4 nitrogen and oxygen atoms in total. The number of ether oxygens (including phenoxy) is 3.